The van der Waals surface area contributed by atoms with Gasteiger partial charge >= 0.3 is 0 Å². The van der Waals surface area contributed by atoms with Crippen molar-refractivity contribution in [1.82, 2.24) is 5.32 Å². The molecule has 1 aliphatic carbocycles. The normalized spacial score (nSPS) is 27.6. The Labute approximate surface area is 89.0 Å². The van der Waals surface area contributed by atoms with E-state index in [1.165, 1.54) is 37.7 Å². The van der Waals surface area contributed by atoms with Gasteiger partial charge in [0.2, 0.25) is 0 Å². The van der Waals surface area contributed by atoms with Gasteiger partial charge in [0.25, 0.3) is 0 Å². The predicted octanol–water partition coefficient (Wildman–Crippen LogP) is 3.51. The van der Waals surface area contributed by atoms with Gasteiger partial charge in [-0.3, -0.25) is 0 Å². The maximum Gasteiger partial charge on any atom is 0.0164 e. The first-order valence-electron chi connectivity index (χ1n) is 6.18. The highest BCUT2D eigenvalue weighted by Gasteiger charge is 2.22. The van der Waals surface area contributed by atoms with Crippen molar-refractivity contribution in [2.45, 2.75) is 58.4 Å². The molecular formula is C13H25N. The summed E-state index contributed by atoms with van der Waals surface area (Å²) in [6.45, 7) is 9.57. The second-order valence-electron chi connectivity index (χ2n) is 4.54. The zero-order valence-electron chi connectivity index (χ0n) is 9.81. The van der Waals surface area contributed by atoms with Gasteiger partial charge in [-0.25, -0.2) is 0 Å². The highest BCUT2D eigenvalue weighted by Crippen LogP contribution is 2.26. The molecule has 0 aliphatic heterocycles. The van der Waals surface area contributed by atoms with Crippen molar-refractivity contribution < 1.29 is 0 Å². The molecule has 1 fully saturated rings. The highest BCUT2D eigenvalue weighted by atomic mass is 14.9. The van der Waals surface area contributed by atoms with E-state index in [9.17, 15) is 0 Å². The third-order valence-corrected chi connectivity index (χ3v) is 3.55. The quantitative estimate of drug-likeness (QED) is 0.662. The molecular weight excluding hydrogens is 170 g/mol. The van der Waals surface area contributed by atoms with Gasteiger partial charge in [-0.15, -0.1) is 0 Å². The van der Waals surface area contributed by atoms with Crippen LogP contribution >= 0.6 is 0 Å². The molecule has 2 unspecified atom stereocenters. The van der Waals surface area contributed by atoms with Crippen LogP contribution in [-0.2, 0) is 0 Å². The molecule has 0 bridgehead atoms. The lowest BCUT2D eigenvalue weighted by Crippen LogP contribution is -2.39. The fourth-order valence-corrected chi connectivity index (χ4v) is 2.37. The number of rotatable bonds is 5. The summed E-state index contributed by atoms with van der Waals surface area (Å²) in [7, 11) is 0. The van der Waals surface area contributed by atoms with E-state index in [1.807, 2.05) is 0 Å². The molecule has 2 atom stereocenters. The second kappa shape index (κ2) is 6.23. The van der Waals surface area contributed by atoms with Crippen molar-refractivity contribution in [2.75, 3.05) is 6.54 Å². The Morgan fingerprint density at radius 3 is 2.64 bits per heavy atom. The lowest BCUT2D eigenvalue weighted by molar-refractivity contribution is 0.260. The lowest BCUT2D eigenvalue weighted by Gasteiger charge is -2.31. The predicted molar refractivity (Wildman–Crippen MR) is 63.5 cm³/mol. The zero-order chi connectivity index (χ0) is 10.4. The molecule has 1 N–H and O–H groups in total. The molecule has 1 aliphatic rings. The fraction of sp³-hybridized carbons (Fsp3) is 0.846. The molecule has 1 heteroatoms. The van der Waals surface area contributed by atoms with E-state index in [1.54, 1.807) is 0 Å². The van der Waals surface area contributed by atoms with E-state index in [-0.39, 0.29) is 0 Å². The van der Waals surface area contributed by atoms with Gasteiger partial charge in [-0.2, -0.15) is 0 Å². The molecule has 0 aromatic rings. The van der Waals surface area contributed by atoms with Crippen LogP contribution in [0.15, 0.2) is 12.2 Å². The van der Waals surface area contributed by atoms with Crippen molar-refractivity contribution in [1.29, 1.82) is 0 Å². The Morgan fingerprint density at radius 2 is 2.00 bits per heavy atom. The second-order valence-corrected chi connectivity index (χ2v) is 4.54. The van der Waals surface area contributed by atoms with E-state index in [0.29, 0.717) is 0 Å². The molecule has 0 amide bonds. The summed E-state index contributed by atoms with van der Waals surface area (Å²) in [6, 6.07) is 0.761. The largest absolute Gasteiger partial charge is 0.310 e. The van der Waals surface area contributed by atoms with Crippen molar-refractivity contribution >= 4 is 0 Å². The minimum Gasteiger partial charge on any atom is -0.310 e. The molecule has 1 saturated carbocycles. The van der Waals surface area contributed by atoms with Crippen LogP contribution in [0.2, 0.25) is 0 Å². The molecule has 0 heterocycles. The minimum atomic E-state index is 0.761. The standard InChI is InChI=1S/C13H25N/c1-4-11(3)10-14-13-9-7-6-8-12(13)5-2/h12-14H,3-10H2,1-2H3. The third kappa shape index (κ3) is 3.45. The molecule has 0 saturated heterocycles. The van der Waals surface area contributed by atoms with Gasteiger partial charge in [-0.05, 0) is 25.2 Å². The lowest BCUT2D eigenvalue weighted by atomic mass is 9.83. The first kappa shape index (κ1) is 11.8. The topological polar surface area (TPSA) is 12.0 Å². The van der Waals surface area contributed by atoms with Crippen LogP contribution in [0.1, 0.15) is 52.4 Å². The van der Waals surface area contributed by atoms with E-state index < -0.39 is 0 Å². The van der Waals surface area contributed by atoms with Gasteiger partial charge < -0.3 is 5.32 Å². The van der Waals surface area contributed by atoms with Gasteiger partial charge in [0, 0.05) is 12.6 Å². The molecule has 0 radical (unpaired) electrons. The van der Waals surface area contributed by atoms with Crippen LogP contribution in [-0.4, -0.2) is 12.6 Å². The van der Waals surface area contributed by atoms with Gasteiger partial charge in [-0.1, -0.05) is 45.3 Å². The summed E-state index contributed by atoms with van der Waals surface area (Å²) in [5, 5.41) is 3.67. The number of hydrogen-bond donors (Lipinski definition) is 1. The van der Waals surface area contributed by atoms with E-state index in [0.717, 1.165) is 24.9 Å². The molecule has 82 valence electrons. The summed E-state index contributed by atoms with van der Waals surface area (Å²) in [5.74, 6) is 0.911. The summed E-state index contributed by atoms with van der Waals surface area (Å²) in [6.07, 6.45) is 8.08. The SMILES string of the molecule is C=C(CC)CNC1CCCCC1CC. The Balaban J connectivity index is 2.29. The first-order chi connectivity index (χ1) is 6.77. The highest BCUT2D eigenvalue weighted by molar-refractivity contribution is 4.96. The van der Waals surface area contributed by atoms with E-state index in [2.05, 4.69) is 25.7 Å². The molecule has 0 aromatic heterocycles. The number of nitrogens with one attached hydrogen (secondary N) is 1. The van der Waals surface area contributed by atoms with E-state index in [4.69, 9.17) is 0 Å². The average Bonchev–Trinajstić information content (AvgIpc) is 2.26. The Kier molecular flexibility index (Phi) is 5.24. The fourth-order valence-electron chi connectivity index (χ4n) is 2.37. The maximum absolute atomic E-state index is 4.05. The van der Waals surface area contributed by atoms with Crippen LogP contribution in [0.25, 0.3) is 0 Å². The van der Waals surface area contributed by atoms with Crippen LogP contribution in [0.3, 0.4) is 0 Å². The number of hydrogen-bond acceptors (Lipinski definition) is 1. The Bertz CT molecular complexity index is 174. The van der Waals surface area contributed by atoms with Crippen molar-refractivity contribution in [3.05, 3.63) is 12.2 Å². The van der Waals surface area contributed by atoms with Gasteiger partial charge in [0.1, 0.15) is 0 Å². The van der Waals surface area contributed by atoms with Crippen LogP contribution in [0.5, 0.6) is 0 Å². The van der Waals surface area contributed by atoms with Gasteiger partial charge in [0.15, 0.2) is 0 Å². The minimum absolute atomic E-state index is 0.761. The van der Waals surface area contributed by atoms with Crippen molar-refractivity contribution in [3.63, 3.8) is 0 Å². The molecule has 1 nitrogen and oxygen atoms in total. The monoisotopic (exact) mass is 195 g/mol. The van der Waals surface area contributed by atoms with Crippen molar-refractivity contribution in [3.8, 4) is 0 Å². The summed E-state index contributed by atoms with van der Waals surface area (Å²) >= 11 is 0. The molecule has 1 rings (SSSR count). The van der Waals surface area contributed by atoms with Gasteiger partial charge in [0.05, 0.1) is 0 Å². The summed E-state index contributed by atoms with van der Waals surface area (Å²) in [5.41, 5.74) is 1.34. The summed E-state index contributed by atoms with van der Waals surface area (Å²) < 4.78 is 0. The first-order valence-corrected chi connectivity index (χ1v) is 6.18. The maximum atomic E-state index is 4.05. The Morgan fingerprint density at radius 1 is 1.29 bits per heavy atom. The summed E-state index contributed by atoms with van der Waals surface area (Å²) in [4.78, 5) is 0. The Hall–Kier alpha value is -0.300. The zero-order valence-corrected chi connectivity index (χ0v) is 9.81. The molecule has 0 spiro atoms. The third-order valence-electron chi connectivity index (χ3n) is 3.55. The molecule has 0 aromatic carbocycles. The van der Waals surface area contributed by atoms with Crippen LogP contribution in [0.4, 0.5) is 0 Å². The van der Waals surface area contributed by atoms with Crippen molar-refractivity contribution in [2.24, 2.45) is 5.92 Å². The van der Waals surface area contributed by atoms with E-state index >= 15 is 0 Å². The smallest absolute Gasteiger partial charge is 0.0164 e. The average molecular weight is 195 g/mol. The van der Waals surface area contributed by atoms with Crippen LogP contribution < -0.4 is 5.32 Å². The van der Waals surface area contributed by atoms with Crippen LogP contribution in [0, 0.1) is 5.92 Å². The molecule has 14 heavy (non-hydrogen) atoms.